The van der Waals surface area contributed by atoms with Gasteiger partial charge in [-0.1, -0.05) is 48.0 Å². The Labute approximate surface area is 191 Å². The Morgan fingerprint density at radius 3 is 2.33 bits per heavy atom. The highest BCUT2D eigenvalue weighted by molar-refractivity contribution is 5.99. The van der Waals surface area contributed by atoms with Crippen LogP contribution in [0, 0.1) is 18.3 Å². The van der Waals surface area contributed by atoms with Gasteiger partial charge in [-0.05, 0) is 48.9 Å². The van der Waals surface area contributed by atoms with E-state index in [-0.39, 0.29) is 18.0 Å². The van der Waals surface area contributed by atoms with Crippen molar-refractivity contribution in [3.8, 4) is 6.07 Å². The number of aromatic nitrogens is 1. The second kappa shape index (κ2) is 9.25. The molecule has 4 aromatic rings. The Bertz CT molecular complexity index is 1410. The van der Waals surface area contributed by atoms with Crippen molar-refractivity contribution < 1.29 is 14.7 Å². The topological polar surface area (TPSA) is 95.1 Å². The molecule has 0 atom stereocenters. The molecule has 2 N–H and O–H groups in total. The van der Waals surface area contributed by atoms with Crippen molar-refractivity contribution in [3.63, 3.8) is 0 Å². The number of para-hydroxylation sites is 1. The standard InChI is InChI=1S/C27H21N3O3/c1-18-6-12-23(13-7-18)29-26(31)17-30-16-22(24-4-2-3-5-25(24)30)14-21(15-28)19-8-10-20(11-9-19)27(32)33/h2-14,16H,17H2,1H3,(H,29,31)(H,32,33). The summed E-state index contributed by atoms with van der Waals surface area (Å²) in [6.07, 6.45) is 3.61. The molecule has 0 unspecified atom stereocenters. The Balaban J connectivity index is 1.64. The number of hydrogen-bond acceptors (Lipinski definition) is 3. The van der Waals surface area contributed by atoms with Crippen LogP contribution in [0.25, 0.3) is 22.6 Å². The van der Waals surface area contributed by atoms with Crippen LogP contribution in [-0.4, -0.2) is 21.6 Å². The number of hydrogen-bond donors (Lipinski definition) is 2. The van der Waals surface area contributed by atoms with Crippen molar-refractivity contribution in [2.75, 3.05) is 5.32 Å². The van der Waals surface area contributed by atoms with Gasteiger partial charge in [0.2, 0.25) is 5.91 Å². The van der Waals surface area contributed by atoms with E-state index in [1.807, 2.05) is 66.2 Å². The molecule has 0 radical (unpaired) electrons. The number of anilines is 1. The molecule has 0 spiro atoms. The molecule has 6 heteroatoms. The van der Waals surface area contributed by atoms with Gasteiger partial charge in [-0.25, -0.2) is 4.79 Å². The van der Waals surface area contributed by atoms with E-state index in [1.165, 1.54) is 12.1 Å². The fourth-order valence-electron chi connectivity index (χ4n) is 3.64. The molecule has 1 heterocycles. The molecule has 0 bridgehead atoms. The molecule has 1 amide bonds. The van der Waals surface area contributed by atoms with Gasteiger partial charge >= 0.3 is 5.97 Å². The van der Waals surface area contributed by atoms with E-state index in [2.05, 4.69) is 11.4 Å². The van der Waals surface area contributed by atoms with Gasteiger partial charge in [-0.15, -0.1) is 0 Å². The molecule has 0 aliphatic heterocycles. The van der Waals surface area contributed by atoms with Gasteiger partial charge in [0, 0.05) is 28.4 Å². The molecule has 0 aliphatic rings. The highest BCUT2D eigenvalue weighted by Crippen LogP contribution is 2.26. The summed E-state index contributed by atoms with van der Waals surface area (Å²) in [5, 5.41) is 22.6. The minimum atomic E-state index is -1.02. The quantitative estimate of drug-likeness (QED) is 0.399. The number of carboxylic acid groups (broad SMARTS) is 1. The Morgan fingerprint density at radius 2 is 1.67 bits per heavy atom. The minimum Gasteiger partial charge on any atom is -0.478 e. The van der Waals surface area contributed by atoms with Gasteiger partial charge in [-0.3, -0.25) is 4.79 Å². The minimum absolute atomic E-state index is 0.122. The molecule has 1 aromatic heterocycles. The van der Waals surface area contributed by atoms with E-state index in [4.69, 9.17) is 5.11 Å². The first-order chi connectivity index (χ1) is 15.9. The van der Waals surface area contributed by atoms with E-state index in [0.29, 0.717) is 11.1 Å². The summed E-state index contributed by atoms with van der Waals surface area (Å²) in [7, 11) is 0. The fraction of sp³-hybridized carbons (Fsp3) is 0.0741. The highest BCUT2D eigenvalue weighted by atomic mass is 16.4. The van der Waals surface area contributed by atoms with Crippen molar-refractivity contribution in [2.45, 2.75) is 13.5 Å². The number of aromatic carboxylic acids is 1. The predicted octanol–water partition coefficient (Wildman–Crippen LogP) is 5.35. The van der Waals surface area contributed by atoms with Crippen LogP contribution < -0.4 is 5.32 Å². The van der Waals surface area contributed by atoms with E-state index in [9.17, 15) is 14.9 Å². The molecule has 3 aromatic carbocycles. The molecule has 4 rings (SSSR count). The van der Waals surface area contributed by atoms with Crippen LogP contribution in [0.15, 0.2) is 79.0 Å². The normalized spacial score (nSPS) is 11.2. The summed E-state index contributed by atoms with van der Waals surface area (Å²) < 4.78 is 1.85. The Hall–Kier alpha value is -4.63. The molecule has 162 valence electrons. The Kier molecular flexibility index (Phi) is 6.05. The van der Waals surface area contributed by atoms with Gasteiger partial charge in [0.25, 0.3) is 0 Å². The van der Waals surface area contributed by atoms with Crippen molar-refractivity contribution in [1.29, 1.82) is 5.26 Å². The Morgan fingerprint density at radius 1 is 1.00 bits per heavy atom. The second-order valence-corrected chi connectivity index (χ2v) is 7.70. The largest absolute Gasteiger partial charge is 0.478 e. The number of nitriles is 1. The van der Waals surface area contributed by atoms with Crippen molar-refractivity contribution in [3.05, 3.63) is 101 Å². The highest BCUT2D eigenvalue weighted by Gasteiger charge is 2.12. The number of rotatable bonds is 6. The third-order valence-electron chi connectivity index (χ3n) is 5.33. The van der Waals surface area contributed by atoms with Crippen LogP contribution >= 0.6 is 0 Å². The van der Waals surface area contributed by atoms with Crippen LogP contribution in [0.1, 0.15) is 27.0 Å². The van der Waals surface area contributed by atoms with Crippen LogP contribution in [0.4, 0.5) is 5.69 Å². The molecular weight excluding hydrogens is 414 g/mol. The van der Waals surface area contributed by atoms with Gasteiger partial charge in [-0.2, -0.15) is 5.26 Å². The first kappa shape index (κ1) is 21.6. The summed E-state index contributed by atoms with van der Waals surface area (Å²) in [5.74, 6) is -1.17. The number of carboxylic acids is 1. The summed E-state index contributed by atoms with van der Waals surface area (Å²) in [6, 6.07) is 23.7. The van der Waals surface area contributed by atoms with E-state index in [0.717, 1.165) is 27.7 Å². The van der Waals surface area contributed by atoms with E-state index >= 15 is 0 Å². The number of allylic oxidation sites excluding steroid dienone is 1. The van der Waals surface area contributed by atoms with Crippen LogP contribution in [-0.2, 0) is 11.3 Å². The third-order valence-corrected chi connectivity index (χ3v) is 5.33. The molecule has 6 nitrogen and oxygen atoms in total. The molecule has 0 fully saturated rings. The van der Waals surface area contributed by atoms with E-state index in [1.54, 1.807) is 18.2 Å². The second-order valence-electron chi connectivity index (χ2n) is 7.70. The monoisotopic (exact) mass is 435 g/mol. The van der Waals surface area contributed by atoms with Gasteiger partial charge in [0.15, 0.2) is 0 Å². The lowest BCUT2D eigenvalue weighted by Gasteiger charge is -2.07. The average Bonchev–Trinajstić information content (AvgIpc) is 3.16. The number of fused-ring (bicyclic) bond motifs is 1. The van der Waals surface area contributed by atoms with Crippen molar-refractivity contribution in [2.24, 2.45) is 0 Å². The zero-order valence-corrected chi connectivity index (χ0v) is 17.9. The lowest BCUT2D eigenvalue weighted by molar-refractivity contribution is -0.116. The first-order valence-corrected chi connectivity index (χ1v) is 10.3. The maximum absolute atomic E-state index is 12.7. The van der Waals surface area contributed by atoms with Crippen LogP contribution in [0.3, 0.4) is 0 Å². The van der Waals surface area contributed by atoms with Gasteiger partial charge in [0.05, 0.1) is 17.2 Å². The lowest BCUT2D eigenvalue weighted by Crippen LogP contribution is -2.18. The average molecular weight is 435 g/mol. The van der Waals surface area contributed by atoms with Crippen LogP contribution in [0.5, 0.6) is 0 Å². The number of nitrogens with one attached hydrogen (secondary N) is 1. The van der Waals surface area contributed by atoms with Crippen LogP contribution in [0.2, 0.25) is 0 Å². The fourth-order valence-corrected chi connectivity index (χ4v) is 3.64. The predicted molar refractivity (Wildman–Crippen MR) is 129 cm³/mol. The summed E-state index contributed by atoms with van der Waals surface area (Å²) in [5.41, 5.74) is 4.71. The summed E-state index contributed by atoms with van der Waals surface area (Å²) in [6.45, 7) is 2.11. The van der Waals surface area contributed by atoms with Crippen molar-refractivity contribution >= 4 is 40.1 Å². The molecule has 0 saturated heterocycles. The SMILES string of the molecule is Cc1ccc(NC(=O)Cn2cc(C=C(C#N)c3ccc(C(=O)O)cc3)c3ccccc32)cc1. The van der Waals surface area contributed by atoms with Crippen molar-refractivity contribution in [1.82, 2.24) is 4.57 Å². The number of benzene rings is 3. The number of nitrogens with zero attached hydrogens (tertiary/aromatic N) is 2. The zero-order chi connectivity index (χ0) is 23.4. The maximum Gasteiger partial charge on any atom is 0.335 e. The number of aryl methyl sites for hydroxylation is 1. The number of carbonyl (C=O) groups is 2. The summed E-state index contributed by atoms with van der Waals surface area (Å²) in [4.78, 5) is 23.8. The summed E-state index contributed by atoms with van der Waals surface area (Å²) >= 11 is 0. The molecule has 0 aliphatic carbocycles. The molecular formula is C27H21N3O3. The zero-order valence-electron chi connectivity index (χ0n) is 17.9. The number of carbonyl (C=O) groups excluding carboxylic acids is 1. The molecule has 33 heavy (non-hydrogen) atoms. The number of amides is 1. The lowest BCUT2D eigenvalue weighted by atomic mass is 10.0. The van der Waals surface area contributed by atoms with Gasteiger partial charge in [0.1, 0.15) is 6.54 Å². The van der Waals surface area contributed by atoms with Gasteiger partial charge < -0.3 is 15.0 Å². The third kappa shape index (κ3) is 4.83. The smallest absolute Gasteiger partial charge is 0.335 e. The van der Waals surface area contributed by atoms with E-state index < -0.39 is 5.97 Å². The maximum atomic E-state index is 12.7. The first-order valence-electron chi connectivity index (χ1n) is 10.3. The molecule has 0 saturated carbocycles.